The van der Waals surface area contributed by atoms with Crippen molar-refractivity contribution < 1.29 is 12.2 Å². The molecule has 0 aliphatic heterocycles. The van der Waals surface area contributed by atoms with Crippen LogP contribution in [0.25, 0.3) is 0 Å². The monoisotopic (exact) mass is 294 g/mol. The summed E-state index contributed by atoms with van der Waals surface area (Å²) in [6.07, 6.45) is 0. The molecule has 0 aliphatic rings. The summed E-state index contributed by atoms with van der Waals surface area (Å²) in [5.74, 6) is 0. The summed E-state index contributed by atoms with van der Waals surface area (Å²) in [6, 6.07) is 0. The molecule has 0 saturated carbocycles. The molecule has 0 spiro atoms. The molecule has 0 bridgehead atoms. The van der Waals surface area contributed by atoms with Crippen LogP contribution < -0.4 is 0 Å². The summed E-state index contributed by atoms with van der Waals surface area (Å²) in [6.45, 7) is 0. The SMILES string of the molecule is O.O.[Sb][O][Sb]. The van der Waals surface area contributed by atoms with Crippen LogP contribution in [0.4, 0.5) is 0 Å². The van der Waals surface area contributed by atoms with Gasteiger partial charge in [-0.1, -0.05) is 0 Å². The fraction of sp³-hybridized carbons (Fsp3) is 0. The number of hydrogen-bond donors (Lipinski definition) is 0. The summed E-state index contributed by atoms with van der Waals surface area (Å²) < 4.78 is 4.35. The fourth-order valence-electron chi connectivity index (χ4n) is 0. The Bertz CT molecular complexity index is 4.85. The predicted octanol–water partition coefficient (Wildman–Crippen LogP) is -2.48. The van der Waals surface area contributed by atoms with Gasteiger partial charge in [0.05, 0.1) is 0 Å². The fourth-order valence-corrected chi connectivity index (χ4v) is 0. The molecule has 5 heavy (non-hydrogen) atoms. The van der Waals surface area contributed by atoms with Crippen LogP contribution in [-0.2, 0) is 1.29 Å². The molecular weight excluding hydrogens is 292 g/mol. The van der Waals surface area contributed by atoms with Gasteiger partial charge in [-0.05, 0) is 0 Å². The Balaban J connectivity index is -0.0000000200. The van der Waals surface area contributed by atoms with Gasteiger partial charge in [0.15, 0.2) is 0 Å². The van der Waals surface area contributed by atoms with Gasteiger partial charge in [0.1, 0.15) is 0 Å². The molecule has 0 fully saturated rings. The molecule has 0 atom stereocenters. The van der Waals surface area contributed by atoms with E-state index >= 15 is 0 Å². The second-order valence-electron chi connectivity index (χ2n) is 0.0816. The summed E-state index contributed by atoms with van der Waals surface area (Å²) in [5.41, 5.74) is 0. The van der Waals surface area contributed by atoms with Crippen molar-refractivity contribution in [2.75, 3.05) is 0 Å². The van der Waals surface area contributed by atoms with Crippen molar-refractivity contribution in [1.29, 1.82) is 0 Å². The molecule has 0 amide bonds. The molecule has 5 heteroatoms. The molecule has 0 saturated heterocycles. The predicted molar refractivity (Wildman–Crippen MR) is 19.8 cm³/mol. The minimum absolute atomic E-state index is 0. The summed E-state index contributed by atoms with van der Waals surface area (Å²) in [4.78, 5) is 0. The molecule has 3 nitrogen and oxygen atoms in total. The first-order chi connectivity index (χ1) is 1.41. The Morgan fingerprint density at radius 1 is 1.00 bits per heavy atom. The second-order valence-corrected chi connectivity index (χ2v) is 3.67. The van der Waals surface area contributed by atoms with Crippen LogP contribution in [0, 0.1) is 0 Å². The number of hydrogen-bond acceptors (Lipinski definition) is 1. The Labute approximate surface area is 58.8 Å². The molecule has 0 unspecified atom stereocenters. The van der Waals surface area contributed by atoms with Gasteiger partial charge in [-0.25, -0.2) is 0 Å². The zero-order chi connectivity index (χ0) is 2.71. The average molecular weight is 296 g/mol. The zero-order valence-corrected chi connectivity index (χ0v) is 7.41. The van der Waals surface area contributed by atoms with E-state index in [-0.39, 0.29) is 11.0 Å². The first-order valence-corrected chi connectivity index (χ1v) is 2.45. The Morgan fingerprint density at radius 3 is 1.00 bits per heavy atom. The molecule has 0 aromatic heterocycles. The van der Waals surface area contributed by atoms with Gasteiger partial charge in [-0.15, -0.1) is 0 Å². The number of rotatable bonds is 0. The molecule has 0 heterocycles. The van der Waals surface area contributed by atoms with Crippen LogP contribution in [0.5, 0.6) is 0 Å². The van der Waals surface area contributed by atoms with Crippen LogP contribution in [0.2, 0.25) is 0 Å². The van der Waals surface area contributed by atoms with Crippen molar-refractivity contribution in [3.05, 3.63) is 0 Å². The third-order valence-electron chi connectivity index (χ3n) is 0. The van der Waals surface area contributed by atoms with Crippen LogP contribution in [0.15, 0.2) is 0 Å². The third-order valence-corrected chi connectivity index (χ3v) is 0. The van der Waals surface area contributed by atoms with Gasteiger partial charge >= 0.3 is 48.2 Å². The second kappa shape index (κ2) is 17.8. The Kier molecular flexibility index (Phi) is 57.0. The van der Waals surface area contributed by atoms with Crippen molar-refractivity contribution in [1.82, 2.24) is 0 Å². The molecule has 0 aromatic carbocycles. The van der Waals surface area contributed by atoms with E-state index in [0.717, 1.165) is 0 Å². The topological polar surface area (TPSA) is 72.2 Å². The van der Waals surface area contributed by atoms with Crippen molar-refractivity contribution in [3.63, 3.8) is 0 Å². The normalized spacial score (nSPS) is 3.60. The molecule has 0 aromatic rings. The van der Waals surface area contributed by atoms with E-state index in [1.165, 1.54) is 46.9 Å². The van der Waals surface area contributed by atoms with Crippen LogP contribution >= 0.6 is 0 Å². The van der Waals surface area contributed by atoms with Gasteiger partial charge in [0, 0.05) is 0 Å². The van der Waals surface area contributed by atoms with Crippen molar-refractivity contribution in [2.24, 2.45) is 0 Å². The standard InChI is InChI=1S/2H2O.O.2Sb/h2*1H2;;;. The molecule has 0 aliphatic carbocycles. The van der Waals surface area contributed by atoms with Crippen molar-refractivity contribution in [2.45, 2.75) is 0 Å². The van der Waals surface area contributed by atoms with E-state index in [1.54, 1.807) is 0 Å². The maximum atomic E-state index is 4.35. The van der Waals surface area contributed by atoms with E-state index in [2.05, 4.69) is 1.29 Å². The average Bonchev–Trinajstić information content (AvgIpc) is 0.918. The van der Waals surface area contributed by atoms with Gasteiger partial charge in [0.2, 0.25) is 0 Å². The van der Waals surface area contributed by atoms with Crippen LogP contribution in [-0.4, -0.2) is 57.8 Å². The summed E-state index contributed by atoms with van der Waals surface area (Å²) in [7, 11) is 0. The van der Waals surface area contributed by atoms with Crippen LogP contribution in [0.3, 0.4) is 0 Å². The van der Waals surface area contributed by atoms with Gasteiger partial charge in [-0.2, -0.15) is 0 Å². The van der Waals surface area contributed by atoms with Crippen molar-refractivity contribution >= 4 is 46.9 Å². The first kappa shape index (κ1) is 16.0. The molecule has 0 rings (SSSR count). The quantitative estimate of drug-likeness (QED) is 0.456. The van der Waals surface area contributed by atoms with E-state index in [0.29, 0.717) is 0 Å². The third kappa shape index (κ3) is 29.7. The van der Waals surface area contributed by atoms with Gasteiger partial charge in [0.25, 0.3) is 0 Å². The minimum atomic E-state index is 0. The first-order valence-electron chi connectivity index (χ1n) is 0.365. The summed E-state index contributed by atoms with van der Waals surface area (Å²) >= 11 is 2.75. The van der Waals surface area contributed by atoms with E-state index in [1.807, 2.05) is 0 Å². The Morgan fingerprint density at radius 2 is 1.00 bits per heavy atom. The van der Waals surface area contributed by atoms with Gasteiger partial charge in [-0.3, -0.25) is 0 Å². The molecular formula is H4O3Sb2. The van der Waals surface area contributed by atoms with E-state index < -0.39 is 0 Å². The summed E-state index contributed by atoms with van der Waals surface area (Å²) in [5, 5.41) is 0. The molecule has 4 N–H and O–H groups in total. The molecule has 4 radical (unpaired) electrons. The van der Waals surface area contributed by atoms with Crippen molar-refractivity contribution in [3.8, 4) is 0 Å². The van der Waals surface area contributed by atoms with Crippen LogP contribution in [0.1, 0.15) is 0 Å². The van der Waals surface area contributed by atoms with E-state index in [9.17, 15) is 0 Å². The zero-order valence-electron chi connectivity index (χ0n) is 2.30. The Hall–Kier alpha value is 1.52. The maximum absolute atomic E-state index is 4.35. The molecule has 32 valence electrons. The van der Waals surface area contributed by atoms with Gasteiger partial charge < -0.3 is 11.0 Å². The van der Waals surface area contributed by atoms with E-state index in [4.69, 9.17) is 0 Å².